The van der Waals surface area contributed by atoms with Gasteiger partial charge in [0.15, 0.2) is 0 Å². The fourth-order valence-corrected chi connectivity index (χ4v) is 1.74. The van der Waals surface area contributed by atoms with Crippen LogP contribution in [0.1, 0.15) is 27.2 Å². The molecule has 5 nitrogen and oxygen atoms in total. The Hall–Kier alpha value is -0.810. The highest BCUT2D eigenvalue weighted by atomic mass is 16.6. The lowest BCUT2D eigenvalue weighted by Crippen LogP contribution is -2.51. The fraction of sp³-hybridized carbons (Fsp3) is 0.909. The first kappa shape index (κ1) is 13.3. The number of likely N-dealkylation sites (tertiary alicyclic amines) is 1. The zero-order valence-corrected chi connectivity index (χ0v) is 10.3. The number of aliphatic hydroxyl groups is 1. The summed E-state index contributed by atoms with van der Waals surface area (Å²) in [5, 5.41) is 9.13. The molecule has 0 aromatic heterocycles. The van der Waals surface area contributed by atoms with Gasteiger partial charge >= 0.3 is 6.09 Å². The molecule has 1 heterocycles. The maximum Gasteiger partial charge on any atom is 0.410 e. The van der Waals surface area contributed by atoms with Gasteiger partial charge in [-0.3, -0.25) is 0 Å². The van der Waals surface area contributed by atoms with Crippen LogP contribution in [-0.4, -0.2) is 47.4 Å². The van der Waals surface area contributed by atoms with E-state index in [1.165, 1.54) is 0 Å². The number of rotatable bonds is 1. The van der Waals surface area contributed by atoms with E-state index < -0.39 is 5.60 Å². The quantitative estimate of drug-likeness (QED) is 0.690. The van der Waals surface area contributed by atoms with Crippen molar-refractivity contribution in [2.75, 3.05) is 19.7 Å². The number of nitrogens with zero attached hydrogens (tertiary/aromatic N) is 1. The van der Waals surface area contributed by atoms with Crippen LogP contribution in [0.25, 0.3) is 0 Å². The van der Waals surface area contributed by atoms with E-state index in [4.69, 9.17) is 15.6 Å². The number of piperidine rings is 1. The Balaban J connectivity index is 2.52. The molecule has 2 atom stereocenters. The number of carbonyl (C=O) groups is 1. The fourth-order valence-electron chi connectivity index (χ4n) is 1.74. The van der Waals surface area contributed by atoms with Gasteiger partial charge in [-0.1, -0.05) is 0 Å². The maximum atomic E-state index is 11.8. The minimum atomic E-state index is -0.481. The standard InChI is InChI=1S/C11H22N2O3/c1-11(2,3)16-10(15)13-5-4-9(12)8(6-13)7-14/h8-9,14H,4-7,12H2,1-3H3. The third kappa shape index (κ3) is 3.64. The smallest absolute Gasteiger partial charge is 0.410 e. The number of nitrogens with two attached hydrogens (primary N) is 1. The lowest BCUT2D eigenvalue weighted by molar-refractivity contribution is 0.0107. The van der Waals surface area contributed by atoms with Crippen molar-refractivity contribution in [3.63, 3.8) is 0 Å². The van der Waals surface area contributed by atoms with E-state index >= 15 is 0 Å². The number of amides is 1. The van der Waals surface area contributed by atoms with E-state index in [9.17, 15) is 4.79 Å². The molecule has 0 aliphatic carbocycles. The Morgan fingerprint density at radius 3 is 2.69 bits per heavy atom. The Morgan fingerprint density at radius 2 is 2.19 bits per heavy atom. The summed E-state index contributed by atoms with van der Waals surface area (Å²) in [7, 11) is 0. The molecule has 1 aliphatic heterocycles. The molecule has 94 valence electrons. The van der Waals surface area contributed by atoms with E-state index in [2.05, 4.69) is 0 Å². The van der Waals surface area contributed by atoms with Gasteiger partial charge in [0.2, 0.25) is 0 Å². The van der Waals surface area contributed by atoms with Crippen molar-refractivity contribution >= 4 is 6.09 Å². The van der Waals surface area contributed by atoms with E-state index in [1.807, 2.05) is 20.8 Å². The molecule has 1 saturated heterocycles. The van der Waals surface area contributed by atoms with Gasteiger partial charge in [0.05, 0.1) is 0 Å². The summed E-state index contributed by atoms with van der Waals surface area (Å²) in [6.45, 7) is 6.61. The Morgan fingerprint density at radius 1 is 1.56 bits per heavy atom. The number of ether oxygens (including phenoxy) is 1. The van der Waals surface area contributed by atoms with Gasteiger partial charge in [-0.05, 0) is 27.2 Å². The molecule has 5 heteroatoms. The first-order chi connectivity index (χ1) is 7.33. The maximum absolute atomic E-state index is 11.8. The molecule has 0 spiro atoms. The molecule has 0 aromatic rings. The zero-order chi connectivity index (χ0) is 12.3. The molecule has 0 bridgehead atoms. The van der Waals surface area contributed by atoms with Crippen LogP contribution in [0, 0.1) is 5.92 Å². The highest BCUT2D eigenvalue weighted by molar-refractivity contribution is 5.68. The molecule has 2 unspecified atom stereocenters. The second-order valence-corrected chi connectivity index (χ2v) is 5.32. The van der Waals surface area contributed by atoms with Crippen molar-refractivity contribution < 1.29 is 14.6 Å². The predicted molar refractivity (Wildman–Crippen MR) is 61.0 cm³/mol. The van der Waals surface area contributed by atoms with Crippen LogP contribution in [0.5, 0.6) is 0 Å². The highest BCUT2D eigenvalue weighted by Gasteiger charge is 2.31. The first-order valence-electron chi connectivity index (χ1n) is 5.68. The number of hydrogen-bond donors (Lipinski definition) is 2. The molecule has 1 fully saturated rings. The lowest BCUT2D eigenvalue weighted by atomic mass is 9.94. The second kappa shape index (κ2) is 5.01. The van der Waals surface area contributed by atoms with Crippen molar-refractivity contribution in [3.05, 3.63) is 0 Å². The van der Waals surface area contributed by atoms with E-state index in [0.717, 1.165) is 0 Å². The summed E-state index contributed by atoms with van der Waals surface area (Å²) in [6, 6.07) is -0.0244. The van der Waals surface area contributed by atoms with Gasteiger partial charge in [0, 0.05) is 31.7 Å². The summed E-state index contributed by atoms with van der Waals surface area (Å²) in [6.07, 6.45) is 0.391. The van der Waals surface area contributed by atoms with Crippen molar-refractivity contribution in [2.45, 2.75) is 38.8 Å². The van der Waals surface area contributed by atoms with Crippen molar-refractivity contribution in [1.29, 1.82) is 0 Å². The van der Waals surface area contributed by atoms with Gasteiger partial charge in [-0.15, -0.1) is 0 Å². The summed E-state index contributed by atoms with van der Waals surface area (Å²) in [5.74, 6) is -0.0405. The summed E-state index contributed by atoms with van der Waals surface area (Å²) >= 11 is 0. The van der Waals surface area contributed by atoms with E-state index in [1.54, 1.807) is 4.90 Å². The minimum Gasteiger partial charge on any atom is -0.444 e. The molecule has 0 radical (unpaired) electrons. The average Bonchev–Trinajstić information content (AvgIpc) is 2.15. The summed E-state index contributed by atoms with van der Waals surface area (Å²) < 4.78 is 5.27. The van der Waals surface area contributed by atoms with Gasteiger partial charge in [-0.25, -0.2) is 4.79 Å². The van der Waals surface area contributed by atoms with Gasteiger partial charge < -0.3 is 20.5 Å². The van der Waals surface area contributed by atoms with Gasteiger partial charge in [0.25, 0.3) is 0 Å². The van der Waals surface area contributed by atoms with Crippen LogP contribution in [0.2, 0.25) is 0 Å². The molecular weight excluding hydrogens is 208 g/mol. The lowest BCUT2D eigenvalue weighted by Gasteiger charge is -2.36. The topological polar surface area (TPSA) is 75.8 Å². The first-order valence-corrected chi connectivity index (χ1v) is 5.68. The minimum absolute atomic E-state index is 0.0143. The van der Waals surface area contributed by atoms with Crippen LogP contribution in [0.4, 0.5) is 4.79 Å². The van der Waals surface area contributed by atoms with Crippen LogP contribution in [0.3, 0.4) is 0 Å². The third-order valence-electron chi connectivity index (χ3n) is 2.68. The van der Waals surface area contributed by atoms with Crippen LogP contribution in [0.15, 0.2) is 0 Å². The highest BCUT2D eigenvalue weighted by Crippen LogP contribution is 2.18. The molecule has 1 aliphatic rings. The number of hydrogen-bond acceptors (Lipinski definition) is 4. The molecule has 0 aromatic carbocycles. The molecule has 16 heavy (non-hydrogen) atoms. The van der Waals surface area contributed by atoms with Crippen molar-refractivity contribution in [1.82, 2.24) is 4.90 Å². The van der Waals surface area contributed by atoms with Crippen LogP contribution >= 0.6 is 0 Å². The summed E-state index contributed by atoms with van der Waals surface area (Å²) in [4.78, 5) is 13.4. The third-order valence-corrected chi connectivity index (χ3v) is 2.68. The number of carbonyl (C=O) groups excluding carboxylic acids is 1. The normalized spacial score (nSPS) is 26.7. The molecule has 0 saturated carbocycles. The molecule has 1 amide bonds. The van der Waals surface area contributed by atoms with Crippen LogP contribution < -0.4 is 5.73 Å². The largest absolute Gasteiger partial charge is 0.444 e. The average molecular weight is 230 g/mol. The molecule has 3 N–H and O–H groups in total. The Kier molecular flexibility index (Phi) is 4.15. The molecule has 1 rings (SSSR count). The van der Waals surface area contributed by atoms with Crippen molar-refractivity contribution in [3.8, 4) is 0 Å². The van der Waals surface area contributed by atoms with Gasteiger partial charge in [0.1, 0.15) is 5.60 Å². The second-order valence-electron chi connectivity index (χ2n) is 5.32. The molecular formula is C11H22N2O3. The van der Waals surface area contributed by atoms with Crippen molar-refractivity contribution in [2.24, 2.45) is 11.7 Å². The predicted octanol–water partition coefficient (Wildman–Crippen LogP) is 0.563. The number of aliphatic hydroxyl groups excluding tert-OH is 1. The Bertz CT molecular complexity index is 250. The zero-order valence-electron chi connectivity index (χ0n) is 10.3. The monoisotopic (exact) mass is 230 g/mol. The SMILES string of the molecule is CC(C)(C)OC(=O)N1CCC(N)C(CO)C1. The van der Waals surface area contributed by atoms with E-state index in [-0.39, 0.29) is 24.7 Å². The Labute approximate surface area is 96.6 Å². The van der Waals surface area contributed by atoms with Gasteiger partial charge in [-0.2, -0.15) is 0 Å². The van der Waals surface area contributed by atoms with E-state index in [0.29, 0.717) is 19.5 Å². The van der Waals surface area contributed by atoms with Crippen LogP contribution in [-0.2, 0) is 4.74 Å². The summed E-state index contributed by atoms with van der Waals surface area (Å²) in [5.41, 5.74) is 5.36.